The highest BCUT2D eigenvalue weighted by atomic mass is 16.7. The molecule has 0 spiro atoms. The van der Waals surface area contributed by atoms with Crippen LogP contribution in [0.4, 0.5) is 0 Å². The number of carbonyl (C=O) groups excluding carboxylic acids is 1. The van der Waals surface area contributed by atoms with E-state index < -0.39 is 11.2 Å². The second-order valence-electron chi connectivity index (χ2n) is 8.67. The van der Waals surface area contributed by atoms with E-state index in [1.54, 1.807) is 36.4 Å². The van der Waals surface area contributed by atoms with Crippen LogP contribution in [0.3, 0.4) is 0 Å². The first-order valence-electron chi connectivity index (χ1n) is 11.5. The summed E-state index contributed by atoms with van der Waals surface area (Å²) in [4.78, 5) is 41.3. The summed E-state index contributed by atoms with van der Waals surface area (Å²) in [5, 5.41) is 3.32. The Morgan fingerprint density at radius 3 is 2.63 bits per heavy atom. The van der Waals surface area contributed by atoms with Crippen LogP contribution in [0.15, 0.2) is 76.3 Å². The second kappa shape index (κ2) is 9.50. The Kier molecular flexibility index (Phi) is 6.10. The lowest BCUT2D eigenvalue weighted by Crippen LogP contribution is -2.36. The molecule has 4 aromatic rings. The van der Waals surface area contributed by atoms with Crippen LogP contribution in [0.2, 0.25) is 0 Å². The Hall–Kier alpha value is -4.33. The van der Waals surface area contributed by atoms with Crippen molar-refractivity contribution in [1.29, 1.82) is 0 Å². The van der Waals surface area contributed by atoms with E-state index in [0.29, 0.717) is 28.0 Å². The lowest BCUT2D eigenvalue weighted by Gasteiger charge is -2.14. The van der Waals surface area contributed by atoms with Crippen LogP contribution in [-0.2, 0) is 13.0 Å². The number of hydrogen-bond acceptors (Lipinski definition) is 5. The van der Waals surface area contributed by atoms with E-state index in [4.69, 9.17) is 9.47 Å². The number of aryl methyl sites for hydroxylation is 1. The Labute approximate surface area is 201 Å². The third-order valence-electron chi connectivity index (χ3n) is 6.11. The van der Waals surface area contributed by atoms with Gasteiger partial charge in [-0.2, -0.15) is 0 Å². The zero-order valence-electron chi connectivity index (χ0n) is 19.2. The van der Waals surface area contributed by atoms with Crippen LogP contribution < -0.4 is 26.0 Å². The topological polar surface area (TPSA) is 102 Å². The fraction of sp³-hybridized carbons (Fsp3) is 0.222. The molecule has 0 radical (unpaired) electrons. The summed E-state index contributed by atoms with van der Waals surface area (Å²) in [6, 6.07) is 20.1. The van der Waals surface area contributed by atoms with Crippen LogP contribution >= 0.6 is 0 Å². The minimum Gasteiger partial charge on any atom is -0.454 e. The van der Waals surface area contributed by atoms with E-state index >= 15 is 0 Å². The van der Waals surface area contributed by atoms with Crippen molar-refractivity contribution in [3.05, 3.63) is 104 Å². The Bertz CT molecular complexity index is 1510. The Balaban J connectivity index is 1.32. The highest BCUT2D eigenvalue weighted by Crippen LogP contribution is 2.32. The number of benzene rings is 3. The van der Waals surface area contributed by atoms with E-state index in [2.05, 4.69) is 22.4 Å². The molecule has 8 heteroatoms. The number of H-pyrrole nitrogens is 1. The van der Waals surface area contributed by atoms with Gasteiger partial charge in [-0.1, -0.05) is 36.4 Å². The van der Waals surface area contributed by atoms with Gasteiger partial charge in [0.05, 0.1) is 17.4 Å². The number of nitrogens with zero attached hydrogens (tertiary/aromatic N) is 1. The van der Waals surface area contributed by atoms with Gasteiger partial charge in [-0.25, -0.2) is 4.79 Å². The maximum atomic E-state index is 13.1. The van der Waals surface area contributed by atoms with Crippen molar-refractivity contribution in [2.45, 2.75) is 32.4 Å². The molecule has 1 aliphatic heterocycles. The molecule has 0 aliphatic carbocycles. The molecule has 1 atom stereocenters. The average Bonchev–Trinajstić information content (AvgIpc) is 3.33. The van der Waals surface area contributed by atoms with Crippen LogP contribution in [-0.4, -0.2) is 28.3 Å². The fourth-order valence-corrected chi connectivity index (χ4v) is 4.17. The van der Waals surface area contributed by atoms with Crippen molar-refractivity contribution < 1.29 is 14.3 Å². The first-order chi connectivity index (χ1) is 17.0. The quantitative estimate of drug-likeness (QED) is 0.431. The average molecular weight is 472 g/mol. The van der Waals surface area contributed by atoms with Gasteiger partial charge in [-0.05, 0) is 61.2 Å². The lowest BCUT2D eigenvalue weighted by atomic mass is 10.1. The molecule has 2 N–H and O–H groups in total. The molecule has 1 aromatic heterocycles. The highest BCUT2D eigenvalue weighted by molar-refractivity contribution is 5.97. The van der Waals surface area contributed by atoms with Gasteiger partial charge >= 0.3 is 5.69 Å². The fourth-order valence-electron chi connectivity index (χ4n) is 4.17. The molecule has 3 aromatic carbocycles. The van der Waals surface area contributed by atoms with Crippen molar-refractivity contribution >= 4 is 16.8 Å². The Morgan fingerprint density at radius 2 is 1.80 bits per heavy atom. The predicted octanol–water partition coefficient (Wildman–Crippen LogP) is 3.22. The van der Waals surface area contributed by atoms with Crippen molar-refractivity contribution in [2.24, 2.45) is 0 Å². The number of fused-ring (bicyclic) bond motifs is 2. The normalized spacial score (nSPS) is 13.1. The molecule has 0 fully saturated rings. The molecule has 5 rings (SSSR count). The minimum atomic E-state index is -0.547. The van der Waals surface area contributed by atoms with Gasteiger partial charge in [0, 0.05) is 11.6 Å². The summed E-state index contributed by atoms with van der Waals surface area (Å²) < 4.78 is 11.8. The summed E-state index contributed by atoms with van der Waals surface area (Å²) in [5.41, 5.74) is 1.69. The standard InChI is InChI=1S/C27H25N3O5/c1-17(7-8-18-5-3-2-4-6-18)28-25(31)20-10-11-21-22(14-20)29-27(33)30(26(21)32)15-19-9-12-23-24(13-19)35-16-34-23/h2-6,9-14,17H,7-8,15-16H2,1H3,(H,28,31)(H,29,33)/t17-/m0/s1. The maximum Gasteiger partial charge on any atom is 0.329 e. The van der Waals surface area contributed by atoms with Gasteiger partial charge in [0.1, 0.15) is 0 Å². The SMILES string of the molecule is C[C@@H](CCc1ccccc1)NC(=O)c1ccc2c(=O)n(Cc3ccc4c(c3)OCO4)c(=O)[nH]c2c1. The predicted molar refractivity (Wildman–Crippen MR) is 132 cm³/mol. The summed E-state index contributed by atoms with van der Waals surface area (Å²) in [7, 11) is 0. The lowest BCUT2D eigenvalue weighted by molar-refractivity contribution is 0.0938. The number of hydrogen-bond donors (Lipinski definition) is 2. The van der Waals surface area contributed by atoms with E-state index in [0.717, 1.165) is 23.0 Å². The molecule has 2 heterocycles. The molecular formula is C27H25N3O5. The summed E-state index contributed by atoms with van der Waals surface area (Å²) in [6.07, 6.45) is 1.65. The first kappa shape index (κ1) is 22.5. The number of aromatic nitrogens is 2. The van der Waals surface area contributed by atoms with Crippen molar-refractivity contribution in [3.8, 4) is 11.5 Å². The number of ether oxygens (including phenoxy) is 2. The van der Waals surface area contributed by atoms with Gasteiger partial charge in [-0.3, -0.25) is 14.2 Å². The number of carbonyl (C=O) groups is 1. The largest absolute Gasteiger partial charge is 0.454 e. The smallest absolute Gasteiger partial charge is 0.329 e. The van der Waals surface area contributed by atoms with Crippen molar-refractivity contribution in [3.63, 3.8) is 0 Å². The number of rotatable bonds is 7. The third kappa shape index (κ3) is 4.82. The van der Waals surface area contributed by atoms with E-state index in [1.807, 2.05) is 25.1 Å². The zero-order chi connectivity index (χ0) is 24.4. The number of nitrogens with one attached hydrogen (secondary N) is 2. The van der Waals surface area contributed by atoms with Gasteiger partial charge in [0.15, 0.2) is 11.5 Å². The summed E-state index contributed by atoms with van der Waals surface area (Å²) in [5.74, 6) is 0.966. The van der Waals surface area contributed by atoms with E-state index in [1.165, 1.54) is 5.56 Å². The van der Waals surface area contributed by atoms with Crippen LogP contribution in [0.1, 0.15) is 34.8 Å². The molecule has 0 saturated carbocycles. The zero-order valence-corrected chi connectivity index (χ0v) is 19.2. The number of amides is 1. The highest BCUT2D eigenvalue weighted by Gasteiger charge is 2.16. The maximum absolute atomic E-state index is 13.1. The molecule has 8 nitrogen and oxygen atoms in total. The van der Waals surface area contributed by atoms with Crippen LogP contribution in [0.25, 0.3) is 10.9 Å². The molecule has 178 valence electrons. The summed E-state index contributed by atoms with van der Waals surface area (Å²) in [6.45, 7) is 2.19. The van der Waals surface area contributed by atoms with Gasteiger partial charge in [0.2, 0.25) is 6.79 Å². The third-order valence-corrected chi connectivity index (χ3v) is 6.11. The molecule has 0 unspecified atom stereocenters. The van der Waals surface area contributed by atoms with E-state index in [9.17, 15) is 14.4 Å². The summed E-state index contributed by atoms with van der Waals surface area (Å²) >= 11 is 0. The Morgan fingerprint density at radius 1 is 1.00 bits per heavy atom. The second-order valence-corrected chi connectivity index (χ2v) is 8.67. The minimum absolute atomic E-state index is 0.0350. The van der Waals surface area contributed by atoms with Crippen LogP contribution in [0.5, 0.6) is 11.5 Å². The van der Waals surface area contributed by atoms with Gasteiger partial charge in [-0.15, -0.1) is 0 Å². The molecular weight excluding hydrogens is 446 g/mol. The van der Waals surface area contributed by atoms with Gasteiger partial charge < -0.3 is 19.8 Å². The van der Waals surface area contributed by atoms with E-state index in [-0.39, 0.29) is 25.3 Å². The molecule has 35 heavy (non-hydrogen) atoms. The van der Waals surface area contributed by atoms with Gasteiger partial charge in [0.25, 0.3) is 11.5 Å². The molecule has 0 saturated heterocycles. The molecule has 1 amide bonds. The van der Waals surface area contributed by atoms with Crippen molar-refractivity contribution in [2.75, 3.05) is 6.79 Å². The van der Waals surface area contributed by atoms with Crippen molar-refractivity contribution in [1.82, 2.24) is 14.9 Å². The van der Waals surface area contributed by atoms with Crippen LogP contribution in [0, 0.1) is 0 Å². The number of aromatic amines is 1. The molecule has 1 aliphatic rings. The monoisotopic (exact) mass is 471 g/mol. The first-order valence-corrected chi connectivity index (χ1v) is 11.5. The molecule has 0 bridgehead atoms.